The second kappa shape index (κ2) is 8.09. The van der Waals surface area contributed by atoms with E-state index in [2.05, 4.69) is 10.6 Å². The summed E-state index contributed by atoms with van der Waals surface area (Å²) >= 11 is 0. The number of para-hydroxylation sites is 1. The van der Waals surface area contributed by atoms with E-state index in [-0.39, 0.29) is 24.2 Å². The van der Waals surface area contributed by atoms with Crippen LogP contribution in [-0.4, -0.2) is 49.9 Å². The highest BCUT2D eigenvalue weighted by Gasteiger charge is 2.27. The Morgan fingerprint density at radius 2 is 2.04 bits per heavy atom. The number of carbonyl (C=O) groups is 2. The maximum absolute atomic E-state index is 12.4. The number of methoxy groups -OCH3 is 1. The molecule has 2 unspecified atom stereocenters. The van der Waals surface area contributed by atoms with Crippen LogP contribution < -0.4 is 15.4 Å². The number of hydrogen-bond donors (Lipinski definition) is 2. The van der Waals surface area contributed by atoms with E-state index in [1.807, 2.05) is 24.3 Å². The Morgan fingerprint density at radius 3 is 2.88 bits per heavy atom. The molecule has 136 valence electrons. The molecule has 2 heterocycles. The van der Waals surface area contributed by atoms with Crippen molar-refractivity contribution >= 4 is 12.1 Å². The molecule has 0 aliphatic carbocycles. The van der Waals surface area contributed by atoms with Crippen molar-refractivity contribution in [3.05, 3.63) is 29.8 Å². The highest BCUT2D eigenvalue weighted by atomic mass is 16.5. The Balaban J connectivity index is 1.58. The minimum atomic E-state index is -0.346. The van der Waals surface area contributed by atoms with Crippen LogP contribution in [0.5, 0.6) is 5.75 Å². The number of piperidine rings is 1. The molecular weight excluding hydrogens is 322 g/mol. The number of nitrogens with one attached hydrogen (secondary N) is 2. The molecular formula is C18H25N3O4. The van der Waals surface area contributed by atoms with Crippen LogP contribution in [0.25, 0.3) is 0 Å². The van der Waals surface area contributed by atoms with Gasteiger partial charge in [0.1, 0.15) is 5.75 Å². The molecule has 0 radical (unpaired) electrons. The van der Waals surface area contributed by atoms with Crippen LogP contribution in [0.4, 0.5) is 9.59 Å². The smallest absolute Gasteiger partial charge is 0.409 e. The maximum Gasteiger partial charge on any atom is 0.409 e. The van der Waals surface area contributed by atoms with Gasteiger partial charge in [0.15, 0.2) is 0 Å². The van der Waals surface area contributed by atoms with Crippen LogP contribution in [0.3, 0.4) is 0 Å². The van der Waals surface area contributed by atoms with E-state index in [0.717, 1.165) is 37.0 Å². The Kier molecular flexibility index (Phi) is 5.63. The molecule has 1 fully saturated rings. The summed E-state index contributed by atoms with van der Waals surface area (Å²) in [6.07, 6.45) is 3.08. The number of hydrogen-bond acceptors (Lipinski definition) is 4. The van der Waals surface area contributed by atoms with Crippen molar-refractivity contribution < 1.29 is 19.1 Å². The standard InChI is InChI=1S/C18H25N3O4/c1-24-18(23)21-10-4-6-13(12-21)19-17(22)20-15-8-5-11-25-16-9-3-2-7-14(15)16/h2-3,7,9,13,15H,4-6,8,10-12H2,1H3,(H2,19,20,22). The van der Waals surface area contributed by atoms with Crippen LogP contribution in [-0.2, 0) is 4.74 Å². The van der Waals surface area contributed by atoms with Gasteiger partial charge in [-0.25, -0.2) is 9.59 Å². The van der Waals surface area contributed by atoms with E-state index in [1.54, 1.807) is 4.90 Å². The minimum absolute atomic E-state index is 0.0647. The first-order chi connectivity index (χ1) is 12.2. The molecule has 25 heavy (non-hydrogen) atoms. The first-order valence-corrected chi connectivity index (χ1v) is 8.79. The van der Waals surface area contributed by atoms with Crippen molar-refractivity contribution in [2.24, 2.45) is 0 Å². The second-order valence-electron chi connectivity index (χ2n) is 6.45. The van der Waals surface area contributed by atoms with Crippen LogP contribution in [0.15, 0.2) is 24.3 Å². The van der Waals surface area contributed by atoms with Gasteiger partial charge in [0.25, 0.3) is 0 Å². The molecule has 2 atom stereocenters. The molecule has 3 amide bonds. The molecule has 1 saturated heterocycles. The van der Waals surface area contributed by atoms with E-state index >= 15 is 0 Å². The molecule has 0 aromatic heterocycles. The van der Waals surface area contributed by atoms with Gasteiger partial charge in [-0.1, -0.05) is 18.2 Å². The molecule has 0 spiro atoms. The Morgan fingerprint density at radius 1 is 1.20 bits per heavy atom. The van der Waals surface area contributed by atoms with E-state index < -0.39 is 0 Å². The lowest BCUT2D eigenvalue weighted by Crippen LogP contribution is -2.52. The number of likely N-dealkylation sites (tertiary alicyclic amines) is 1. The molecule has 7 heteroatoms. The number of fused-ring (bicyclic) bond motifs is 1. The minimum Gasteiger partial charge on any atom is -0.493 e. The molecule has 2 aliphatic heterocycles. The zero-order chi connectivity index (χ0) is 17.6. The number of urea groups is 1. The molecule has 0 bridgehead atoms. The van der Waals surface area contributed by atoms with Gasteiger partial charge in [0, 0.05) is 24.7 Å². The van der Waals surface area contributed by atoms with Gasteiger partial charge < -0.3 is 25.0 Å². The zero-order valence-corrected chi connectivity index (χ0v) is 14.5. The Labute approximate surface area is 147 Å². The summed E-state index contributed by atoms with van der Waals surface area (Å²) in [6.45, 7) is 1.80. The molecule has 1 aromatic rings. The largest absolute Gasteiger partial charge is 0.493 e. The number of ether oxygens (including phenoxy) is 2. The fourth-order valence-corrected chi connectivity index (χ4v) is 3.45. The van der Waals surface area contributed by atoms with E-state index in [4.69, 9.17) is 9.47 Å². The van der Waals surface area contributed by atoms with E-state index in [0.29, 0.717) is 19.7 Å². The van der Waals surface area contributed by atoms with E-state index in [9.17, 15) is 9.59 Å². The highest BCUT2D eigenvalue weighted by molar-refractivity contribution is 5.75. The number of benzene rings is 1. The lowest BCUT2D eigenvalue weighted by molar-refractivity contribution is 0.108. The van der Waals surface area contributed by atoms with Gasteiger partial charge in [-0.2, -0.15) is 0 Å². The van der Waals surface area contributed by atoms with Crippen molar-refractivity contribution in [3.8, 4) is 5.75 Å². The van der Waals surface area contributed by atoms with Crippen LogP contribution in [0.1, 0.15) is 37.3 Å². The fraction of sp³-hybridized carbons (Fsp3) is 0.556. The van der Waals surface area contributed by atoms with Gasteiger partial charge in [-0.15, -0.1) is 0 Å². The molecule has 7 nitrogen and oxygen atoms in total. The number of nitrogens with zero attached hydrogens (tertiary/aromatic N) is 1. The lowest BCUT2D eigenvalue weighted by atomic mass is 10.0. The van der Waals surface area contributed by atoms with E-state index in [1.165, 1.54) is 7.11 Å². The first-order valence-electron chi connectivity index (χ1n) is 8.79. The summed E-state index contributed by atoms with van der Waals surface area (Å²) in [5.41, 5.74) is 1.01. The van der Waals surface area contributed by atoms with Crippen molar-refractivity contribution in [1.29, 1.82) is 0 Å². The highest BCUT2D eigenvalue weighted by Crippen LogP contribution is 2.31. The van der Waals surface area contributed by atoms with Crippen molar-refractivity contribution in [2.45, 2.75) is 37.8 Å². The average Bonchev–Trinajstić information content (AvgIpc) is 2.83. The fourth-order valence-electron chi connectivity index (χ4n) is 3.45. The predicted octanol–water partition coefficient (Wildman–Crippen LogP) is 2.43. The summed E-state index contributed by atoms with van der Waals surface area (Å²) in [5, 5.41) is 6.04. The zero-order valence-electron chi connectivity index (χ0n) is 14.5. The molecule has 1 aromatic carbocycles. The third-order valence-corrected chi connectivity index (χ3v) is 4.68. The van der Waals surface area contributed by atoms with Crippen molar-refractivity contribution in [3.63, 3.8) is 0 Å². The van der Waals surface area contributed by atoms with Gasteiger partial charge in [-0.3, -0.25) is 0 Å². The topological polar surface area (TPSA) is 79.9 Å². The van der Waals surface area contributed by atoms with Gasteiger partial charge in [0.05, 0.1) is 19.8 Å². The molecule has 2 N–H and O–H groups in total. The first kappa shape index (κ1) is 17.4. The normalized spacial score (nSPS) is 22.8. The molecule has 0 saturated carbocycles. The van der Waals surface area contributed by atoms with Gasteiger partial charge in [0.2, 0.25) is 0 Å². The number of rotatable bonds is 2. The van der Waals surface area contributed by atoms with Gasteiger partial charge >= 0.3 is 12.1 Å². The average molecular weight is 347 g/mol. The summed E-state index contributed by atoms with van der Waals surface area (Å²) in [7, 11) is 1.37. The molecule has 2 aliphatic rings. The maximum atomic E-state index is 12.4. The SMILES string of the molecule is COC(=O)N1CCCC(NC(=O)NC2CCCOc3ccccc32)C1. The summed E-state index contributed by atoms with van der Waals surface area (Å²) in [4.78, 5) is 25.7. The monoisotopic (exact) mass is 347 g/mol. The quantitative estimate of drug-likeness (QED) is 0.861. The Hall–Kier alpha value is -2.44. The summed E-state index contributed by atoms with van der Waals surface area (Å²) in [5.74, 6) is 0.833. The second-order valence-corrected chi connectivity index (χ2v) is 6.45. The van der Waals surface area contributed by atoms with Crippen LogP contribution >= 0.6 is 0 Å². The van der Waals surface area contributed by atoms with Crippen molar-refractivity contribution in [1.82, 2.24) is 15.5 Å². The number of amides is 3. The molecule has 3 rings (SSSR count). The third-order valence-electron chi connectivity index (χ3n) is 4.68. The van der Waals surface area contributed by atoms with Gasteiger partial charge in [-0.05, 0) is 31.7 Å². The van der Waals surface area contributed by atoms with Crippen LogP contribution in [0, 0.1) is 0 Å². The third kappa shape index (κ3) is 4.35. The number of carbonyl (C=O) groups excluding carboxylic acids is 2. The predicted molar refractivity (Wildman–Crippen MR) is 92.6 cm³/mol. The van der Waals surface area contributed by atoms with Crippen molar-refractivity contribution in [2.75, 3.05) is 26.8 Å². The summed E-state index contributed by atoms with van der Waals surface area (Å²) in [6, 6.07) is 7.47. The lowest BCUT2D eigenvalue weighted by Gasteiger charge is -2.32. The summed E-state index contributed by atoms with van der Waals surface area (Å²) < 4.78 is 10.5. The van der Waals surface area contributed by atoms with Crippen LogP contribution in [0.2, 0.25) is 0 Å². The Bertz CT molecular complexity index is 622.